The van der Waals surface area contributed by atoms with Gasteiger partial charge in [0.2, 0.25) is 0 Å². The predicted octanol–water partition coefficient (Wildman–Crippen LogP) is 4.98. The second-order valence-corrected chi connectivity index (χ2v) is 6.18. The van der Waals surface area contributed by atoms with Gasteiger partial charge >= 0.3 is 0 Å². The van der Waals surface area contributed by atoms with Crippen LogP contribution in [0, 0.1) is 16.0 Å². The van der Waals surface area contributed by atoms with E-state index in [1.807, 2.05) is 0 Å². The number of rotatable bonds is 7. The number of hydrogen-bond donors (Lipinski definition) is 0. The zero-order valence-corrected chi connectivity index (χ0v) is 12.4. The summed E-state index contributed by atoms with van der Waals surface area (Å²) in [6.45, 7) is 0.748. The molecule has 4 nitrogen and oxygen atoms in total. The average Bonchev–Trinajstić information content (AvgIpc) is 2.48. The Bertz CT molecular complexity index is 416. The molecule has 0 bridgehead atoms. The summed E-state index contributed by atoms with van der Waals surface area (Å²) in [7, 11) is 0. The molecule has 0 radical (unpaired) electrons. The minimum Gasteiger partial charge on any atom is -0.310 e. The fourth-order valence-electron chi connectivity index (χ4n) is 2.64. The fourth-order valence-corrected chi connectivity index (χ4v) is 3.22. The van der Waals surface area contributed by atoms with E-state index in [2.05, 4.69) is 0 Å². The zero-order chi connectivity index (χ0) is 14.2. The molecule has 1 saturated carbocycles. The number of nitrogens with zero attached hydrogens (tertiary/aromatic N) is 1. The van der Waals surface area contributed by atoms with Crippen LogP contribution in [-0.2, 0) is 4.18 Å². The summed E-state index contributed by atoms with van der Waals surface area (Å²) < 4.78 is 5.56. The molecule has 2 rings (SSSR count). The molecule has 1 fully saturated rings. The van der Waals surface area contributed by atoms with Gasteiger partial charge in [0.05, 0.1) is 11.5 Å². The first-order chi connectivity index (χ1) is 9.75. The molecule has 20 heavy (non-hydrogen) atoms. The molecule has 110 valence electrons. The van der Waals surface area contributed by atoms with Crippen molar-refractivity contribution >= 4 is 17.7 Å². The number of non-ortho nitro benzene ring substituents is 1. The van der Waals surface area contributed by atoms with Gasteiger partial charge in [0.25, 0.3) is 5.69 Å². The molecule has 0 saturated heterocycles. The summed E-state index contributed by atoms with van der Waals surface area (Å²) in [5, 5.41) is 10.5. The molecule has 0 atom stereocenters. The monoisotopic (exact) mass is 295 g/mol. The van der Waals surface area contributed by atoms with Crippen LogP contribution in [0.15, 0.2) is 29.2 Å². The van der Waals surface area contributed by atoms with Gasteiger partial charge in [-0.3, -0.25) is 10.1 Å². The van der Waals surface area contributed by atoms with Crippen LogP contribution < -0.4 is 0 Å². The van der Waals surface area contributed by atoms with Gasteiger partial charge < -0.3 is 4.18 Å². The van der Waals surface area contributed by atoms with E-state index in [1.165, 1.54) is 62.7 Å². The standard InChI is InChI=1S/C15H21NO3S/c17-16(18)14-8-10-15(11-9-14)20-19-12-4-7-13-5-2-1-3-6-13/h8-11,13H,1-7,12H2. The van der Waals surface area contributed by atoms with Crippen molar-refractivity contribution in [2.45, 2.75) is 49.8 Å². The van der Waals surface area contributed by atoms with Gasteiger partial charge in [-0.15, -0.1) is 0 Å². The van der Waals surface area contributed by atoms with Gasteiger partial charge in [0, 0.05) is 29.1 Å². The molecular formula is C15H21NO3S. The lowest BCUT2D eigenvalue weighted by Crippen LogP contribution is -2.06. The normalized spacial score (nSPS) is 16.2. The molecule has 1 aromatic rings. The van der Waals surface area contributed by atoms with Crippen molar-refractivity contribution < 1.29 is 9.11 Å². The third kappa shape index (κ3) is 5.13. The van der Waals surface area contributed by atoms with Crippen molar-refractivity contribution in [3.8, 4) is 0 Å². The van der Waals surface area contributed by atoms with E-state index >= 15 is 0 Å². The Labute approximate surface area is 124 Å². The number of hydrogen-bond acceptors (Lipinski definition) is 4. The highest BCUT2D eigenvalue weighted by atomic mass is 32.2. The minimum absolute atomic E-state index is 0.117. The maximum absolute atomic E-state index is 10.5. The van der Waals surface area contributed by atoms with Crippen molar-refractivity contribution in [3.63, 3.8) is 0 Å². The molecule has 1 aliphatic carbocycles. The molecule has 0 unspecified atom stereocenters. The molecule has 0 N–H and O–H groups in total. The van der Waals surface area contributed by atoms with Gasteiger partial charge in [-0.2, -0.15) is 0 Å². The Morgan fingerprint density at radius 3 is 2.55 bits per heavy atom. The Morgan fingerprint density at radius 2 is 1.90 bits per heavy atom. The van der Waals surface area contributed by atoms with Crippen LogP contribution in [0.5, 0.6) is 0 Å². The number of benzene rings is 1. The number of nitro groups is 1. The van der Waals surface area contributed by atoms with Gasteiger partial charge in [0.1, 0.15) is 0 Å². The molecule has 0 spiro atoms. The highest BCUT2D eigenvalue weighted by Crippen LogP contribution is 2.28. The molecule has 0 amide bonds. The highest BCUT2D eigenvalue weighted by Gasteiger charge is 2.12. The van der Waals surface area contributed by atoms with Crippen LogP contribution in [0.25, 0.3) is 0 Å². The summed E-state index contributed by atoms with van der Waals surface area (Å²) in [6.07, 6.45) is 9.32. The van der Waals surface area contributed by atoms with Crippen LogP contribution in [0.3, 0.4) is 0 Å². The molecule has 1 aromatic carbocycles. The van der Waals surface area contributed by atoms with Crippen molar-refractivity contribution in [2.75, 3.05) is 6.61 Å². The largest absolute Gasteiger partial charge is 0.310 e. The van der Waals surface area contributed by atoms with Crippen LogP contribution >= 0.6 is 12.0 Å². The number of nitro benzene ring substituents is 1. The highest BCUT2D eigenvalue weighted by molar-refractivity contribution is 7.94. The summed E-state index contributed by atoms with van der Waals surface area (Å²) in [4.78, 5) is 11.1. The molecule has 0 aliphatic heterocycles. The third-order valence-corrected chi connectivity index (χ3v) is 4.52. The van der Waals surface area contributed by atoms with E-state index in [0.717, 1.165) is 23.8 Å². The van der Waals surface area contributed by atoms with E-state index in [4.69, 9.17) is 4.18 Å². The lowest BCUT2D eigenvalue weighted by atomic mass is 9.86. The van der Waals surface area contributed by atoms with Crippen molar-refractivity contribution in [1.82, 2.24) is 0 Å². The topological polar surface area (TPSA) is 52.4 Å². The summed E-state index contributed by atoms with van der Waals surface area (Å²) in [6, 6.07) is 6.47. The molecule has 1 aliphatic rings. The van der Waals surface area contributed by atoms with Crippen LogP contribution in [0.4, 0.5) is 5.69 Å². The van der Waals surface area contributed by atoms with Gasteiger partial charge in [-0.1, -0.05) is 32.1 Å². The van der Waals surface area contributed by atoms with E-state index < -0.39 is 0 Å². The zero-order valence-electron chi connectivity index (χ0n) is 11.6. The van der Waals surface area contributed by atoms with Crippen LogP contribution in [0.2, 0.25) is 0 Å². The lowest BCUT2D eigenvalue weighted by Gasteiger charge is -2.21. The van der Waals surface area contributed by atoms with Crippen LogP contribution in [-0.4, -0.2) is 11.5 Å². The Balaban J connectivity index is 1.59. The molecule has 0 aromatic heterocycles. The second kappa shape index (κ2) is 8.27. The summed E-state index contributed by atoms with van der Waals surface area (Å²) in [5.74, 6) is 0.900. The minimum atomic E-state index is -0.389. The van der Waals surface area contributed by atoms with Crippen molar-refractivity contribution in [1.29, 1.82) is 0 Å². The second-order valence-electron chi connectivity index (χ2n) is 5.30. The Morgan fingerprint density at radius 1 is 1.20 bits per heavy atom. The molecule has 5 heteroatoms. The smallest absolute Gasteiger partial charge is 0.269 e. The van der Waals surface area contributed by atoms with Crippen molar-refractivity contribution in [3.05, 3.63) is 34.4 Å². The molecule has 0 heterocycles. The van der Waals surface area contributed by atoms with E-state index in [1.54, 1.807) is 12.1 Å². The molecular weight excluding hydrogens is 274 g/mol. The fraction of sp³-hybridized carbons (Fsp3) is 0.600. The lowest BCUT2D eigenvalue weighted by molar-refractivity contribution is -0.384. The van der Waals surface area contributed by atoms with Gasteiger partial charge in [0.15, 0.2) is 0 Å². The quantitative estimate of drug-likeness (QED) is 0.308. The average molecular weight is 295 g/mol. The Kier molecular flexibility index (Phi) is 6.33. The SMILES string of the molecule is O=[N+]([O-])c1ccc(SOCCCC2CCCCC2)cc1. The maximum atomic E-state index is 10.5. The van der Waals surface area contributed by atoms with Gasteiger partial charge in [-0.25, -0.2) is 0 Å². The van der Waals surface area contributed by atoms with Crippen LogP contribution in [0.1, 0.15) is 44.9 Å². The first kappa shape index (κ1) is 15.3. The summed E-state index contributed by atoms with van der Waals surface area (Å²) in [5.41, 5.74) is 0.117. The van der Waals surface area contributed by atoms with E-state index in [-0.39, 0.29) is 10.6 Å². The maximum Gasteiger partial charge on any atom is 0.269 e. The van der Waals surface area contributed by atoms with E-state index in [0.29, 0.717) is 0 Å². The predicted molar refractivity (Wildman–Crippen MR) is 80.7 cm³/mol. The Hall–Kier alpha value is -1.07. The van der Waals surface area contributed by atoms with E-state index in [9.17, 15) is 10.1 Å². The van der Waals surface area contributed by atoms with Gasteiger partial charge in [-0.05, 0) is 30.9 Å². The first-order valence-electron chi connectivity index (χ1n) is 7.29. The summed E-state index contributed by atoms with van der Waals surface area (Å²) >= 11 is 1.30. The van der Waals surface area contributed by atoms with Crippen molar-refractivity contribution in [2.24, 2.45) is 5.92 Å². The first-order valence-corrected chi connectivity index (χ1v) is 8.04. The third-order valence-electron chi connectivity index (χ3n) is 3.77.